The Bertz CT molecular complexity index is 209. The number of thioether (sulfide) groups is 1. The highest BCUT2D eigenvalue weighted by molar-refractivity contribution is 7.98. The number of rotatable bonds is 8. The van der Waals surface area contributed by atoms with Crippen molar-refractivity contribution in [3.63, 3.8) is 0 Å². The minimum Gasteiger partial charge on any atom is -0.381 e. The van der Waals surface area contributed by atoms with Crippen molar-refractivity contribution in [1.82, 2.24) is 10.6 Å². The van der Waals surface area contributed by atoms with Crippen LogP contribution in [0.1, 0.15) is 25.7 Å². The monoisotopic (exact) mass is 260 g/mol. The fourth-order valence-corrected chi connectivity index (χ4v) is 2.31. The van der Waals surface area contributed by atoms with Crippen molar-refractivity contribution in [3.8, 4) is 0 Å². The van der Waals surface area contributed by atoms with Crippen LogP contribution in [0.2, 0.25) is 0 Å². The first-order chi connectivity index (χ1) is 8.33. The fourth-order valence-electron chi connectivity index (χ4n) is 1.82. The molecule has 0 aromatic rings. The lowest BCUT2D eigenvalue weighted by Crippen LogP contribution is -2.43. The zero-order chi connectivity index (χ0) is 12.3. The van der Waals surface area contributed by atoms with E-state index in [2.05, 4.69) is 16.9 Å². The third-order valence-corrected chi connectivity index (χ3v) is 3.52. The first kappa shape index (κ1) is 14.8. The van der Waals surface area contributed by atoms with Gasteiger partial charge in [-0.1, -0.05) is 0 Å². The van der Waals surface area contributed by atoms with Crippen molar-refractivity contribution < 1.29 is 9.53 Å². The van der Waals surface area contributed by atoms with E-state index in [4.69, 9.17) is 4.74 Å². The average molecular weight is 260 g/mol. The molecule has 100 valence electrons. The van der Waals surface area contributed by atoms with Crippen LogP contribution in [0.15, 0.2) is 0 Å². The SMILES string of the molecule is CSCCCCNCC(=O)NC1CCOCC1. The van der Waals surface area contributed by atoms with Crippen LogP contribution in [0.5, 0.6) is 0 Å². The number of carbonyl (C=O) groups is 1. The molecule has 0 aliphatic carbocycles. The number of unbranched alkanes of at least 4 members (excludes halogenated alkanes) is 1. The van der Waals surface area contributed by atoms with Gasteiger partial charge in [-0.2, -0.15) is 11.8 Å². The third-order valence-electron chi connectivity index (χ3n) is 2.82. The van der Waals surface area contributed by atoms with E-state index in [1.807, 2.05) is 11.8 Å². The lowest BCUT2D eigenvalue weighted by atomic mass is 10.1. The molecular weight excluding hydrogens is 236 g/mol. The summed E-state index contributed by atoms with van der Waals surface area (Å²) in [7, 11) is 0. The van der Waals surface area contributed by atoms with Gasteiger partial charge in [-0.15, -0.1) is 0 Å². The summed E-state index contributed by atoms with van der Waals surface area (Å²) in [5.41, 5.74) is 0. The van der Waals surface area contributed by atoms with E-state index in [0.717, 1.165) is 39.0 Å². The van der Waals surface area contributed by atoms with Crippen LogP contribution in [0, 0.1) is 0 Å². The lowest BCUT2D eigenvalue weighted by molar-refractivity contribution is -0.121. The predicted molar refractivity (Wildman–Crippen MR) is 72.5 cm³/mol. The maximum atomic E-state index is 11.6. The molecule has 0 aromatic carbocycles. The van der Waals surface area contributed by atoms with Gasteiger partial charge in [0.15, 0.2) is 0 Å². The van der Waals surface area contributed by atoms with Gasteiger partial charge < -0.3 is 15.4 Å². The second kappa shape index (κ2) is 9.74. The van der Waals surface area contributed by atoms with Crippen molar-refractivity contribution in [2.45, 2.75) is 31.7 Å². The molecule has 0 bridgehead atoms. The fraction of sp³-hybridized carbons (Fsp3) is 0.917. The standard InChI is InChI=1S/C12H24N2O2S/c1-17-9-3-2-6-13-10-12(15)14-11-4-7-16-8-5-11/h11,13H,2-10H2,1H3,(H,14,15). The molecule has 1 aliphatic heterocycles. The van der Waals surface area contributed by atoms with E-state index in [1.165, 1.54) is 12.2 Å². The molecule has 0 atom stereocenters. The number of ether oxygens (including phenoxy) is 1. The second-order valence-corrected chi connectivity index (χ2v) is 5.32. The van der Waals surface area contributed by atoms with E-state index < -0.39 is 0 Å². The molecule has 2 N–H and O–H groups in total. The van der Waals surface area contributed by atoms with Crippen molar-refractivity contribution in [2.75, 3.05) is 38.3 Å². The molecule has 1 heterocycles. The van der Waals surface area contributed by atoms with Crippen LogP contribution < -0.4 is 10.6 Å². The van der Waals surface area contributed by atoms with Gasteiger partial charge in [-0.25, -0.2) is 0 Å². The Labute approximate surface area is 108 Å². The van der Waals surface area contributed by atoms with Crippen molar-refractivity contribution in [1.29, 1.82) is 0 Å². The summed E-state index contributed by atoms with van der Waals surface area (Å²) in [6.45, 7) is 2.92. The molecular formula is C12H24N2O2S. The van der Waals surface area contributed by atoms with E-state index >= 15 is 0 Å². The van der Waals surface area contributed by atoms with Gasteiger partial charge >= 0.3 is 0 Å². The first-order valence-corrected chi connectivity index (χ1v) is 7.79. The third kappa shape index (κ3) is 7.63. The van der Waals surface area contributed by atoms with Crippen molar-refractivity contribution in [2.24, 2.45) is 0 Å². The molecule has 0 saturated carbocycles. The maximum absolute atomic E-state index is 11.6. The maximum Gasteiger partial charge on any atom is 0.234 e. The zero-order valence-electron chi connectivity index (χ0n) is 10.7. The summed E-state index contributed by atoms with van der Waals surface area (Å²) in [5.74, 6) is 1.32. The molecule has 4 nitrogen and oxygen atoms in total. The molecule has 0 aromatic heterocycles. The summed E-state index contributed by atoms with van der Waals surface area (Å²) in [5, 5.41) is 6.22. The number of hydrogen-bond donors (Lipinski definition) is 2. The first-order valence-electron chi connectivity index (χ1n) is 6.39. The molecule has 5 heteroatoms. The van der Waals surface area contributed by atoms with Gasteiger partial charge in [0.2, 0.25) is 5.91 Å². The summed E-state index contributed by atoms with van der Waals surface area (Å²) < 4.78 is 5.25. The van der Waals surface area contributed by atoms with Gasteiger partial charge in [0.1, 0.15) is 0 Å². The predicted octanol–water partition coefficient (Wildman–Crippen LogP) is 1.01. The second-order valence-electron chi connectivity index (χ2n) is 4.33. The smallest absolute Gasteiger partial charge is 0.234 e. The Morgan fingerprint density at radius 1 is 1.35 bits per heavy atom. The van der Waals surface area contributed by atoms with Crippen LogP contribution in [0.4, 0.5) is 0 Å². The van der Waals surface area contributed by atoms with E-state index in [-0.39, 0.29) is 5.91 Å². The Morgan fingerprint density at radius 2 is 2.12 bits per heavy atom. The number of hydrogen-bond acceptors (Lipinski definition) is 4. The van der Waals surface area contributed by atoms with Gasteiger partial charge in [0.25, 0.3) is 0 Å². The molecule has 0 radical (unpaired) electrons. The van der Waals surface area contributed by atoms with Gasteiger partial charge in [0, 0.05) is 19.3 Å². The van der Waals surface area contributed by atoms with Crippen molar-refractivity contribution >= 4 is 17.7 Å². The largest absolute Gasteiger partial charge is 0.381 e. The molecule has 1 saturated heterocycles. The van der Waals surface area contributed by atoms with Crippen LogP contribution >= 0.6 is 11.8 Å². The van der Waals surface area contributed by atoms with E-state index in [1.54, 1.807) is 0 Å². The quantitative estimate of drug-likeness (QED) is 0.640. The van der Waals surface area contributed by atoms with E-state index in [9.17, 15) is 4.79 Å². The average Bonchev–Trinajstić information content (AvgIpc) is 2.35. The molecule has 0 spiro atoms. The van der Waals surface area contributed by atoms with Crippen LogP contribution in [-0.2, 0) is 9.53 Å². The highest BCUT2D eigenvalue weighted by Gasteiger charge is 2.15. The van der Waals surface area contributed by atoms with Gasteiger partial charge in [-0.3, -0.25) is 4.79 Å². The van der Waals surface area contributed by atoms with E-state index in [0.29, 0.717) is 12.6 Å². The molecule has 0 unspecified atom stereocenters. The number of nitrogens with one attached hydrogen (secondary N) is 2. The molecule has 1 fully saturated rings. The number of amides is 1. The minimum absolute atomic E-state index is 0.113. The van der Waals surface area contributed by atoms with Crippen LogP contribution in [0.25, 0.3) is 0 Å². The molecule has 17 heavy (non-hydrogen) atoms. The summed E-state index contributed by atoms with van der Waals surface area (Å²) in [6, 6.07) is 0.314. The highest BCUT2D eigenvalue weighted by Crippen LogP contribution is 2.05. The Kier molecular flexibility index (Phi) is 8.48. The van der Waals surface area contributed by atoms with Gasteiger partial charge in [-0.05, 0) is 44.2 Å². The molecule has 1 amide bonds. The Morgan fingerprint density at radius 3 is 2.82 bits per heavy atom. The Hall–Kier alpha value is -0.260. The summed E-state index contributed by atoms with van der Waals surface area (Å²) >= 11 is 1.87. The minimum atomic E-state index is 0.113. The zero-order valence-corrected chi connectivity index (χ0v) is 11.5. The summed E-state index contributed by atoms with van der Waals surface area (Å²) in [4.78, 5) is 11.6. The topological polar surface area (TPSA) is 50.4 Å². The Balaban J connectivity index is 1.93. The van der Waals surface area contributed by atoms with Crippen LogP contribution in [0.3, 0.4) is 0 Å². The lowest BCUT2D eigenvalue weighted by Gasteiger charge is -2.23. The number of carbonyl (C=O) groups excluding carboxylic acids is 1. The highest BCUT2D eigenvalue weighted by atomic mass is 32.2. The van der Waals surface area contributed by atoms with Crippen molar-refractivity contribution in [3.05, 3.63) is 0 Å². The van der Waals surface area contributed by atoms with Gasteiger partial charge in [0.05, 0.1) is 6.54 Å². The van der Waals surface area contributed by atoms with Crippen LogP contribution in [-0.4, -0.2) is 50.3 Å². The normalized spacial score (nSPS) is 17.0. The summed E-state index contributed by atoms with van der Waals surface area (Å²) in [6.07, 6.45) is 6.37. The molecule has 1 aliphatic rings. The molecule has 1 rings (SSSR count).